The minimum Gasteiger partial charge on any atom is -0.372 e. The van der Waals surface area contributed by atoms with Crippen LogP contribution in [-0.2, 0) is 4.74 Å². The maximum absolute atomic E-state index is 6.59. The molecule has 0 aromatic heterocycles. The summed E-state index contributed by atoms with van der Waals surface area (Å²) in [6, 6.07) is 0.764. The van der Waals surface area contributed by atoms with E-state index in [1.165, 1.54) is 77.0 Å². The van der Waals surface area contributed by atoms with Crippen molar-refractivity contribution < 1.29 is 4.74 Å². The van der Waals surface area contributed by atoms with Crippen molar-refractivity contribution in [3.63, 3.8) is 0 Å². The van der Waals surface area contributed by atoms with Gasteiger partial charge in [0.1, 0.15) is 0 Å². The molecule has 2 saturated carbocycles. The van der Waals surface area contributed by atoms with E-state index in [1.54, 1.807) is 0 Å². The summed E-state index contributed by atoms with van der Waals surface area (Å²) in [6.07, 6.45) is 17.1. The van der Waals surface area contributed by atoms with Crippen molar-refractivity contribution >= 4 is 0 Å². The zero-order valence-electron chi connectivity index (χ0n) is 13.3. The van der Waals surface area contributed by atoms with Crippen LogP contribution in [0.4, 0.5) is 0 Å². The lowest BCUT2D eigenvalue weighted by Gasteiger charge is -2.36. The lowest BCUT2D eigenvalue weighted by molar-refractivity contribution is -0.0722. The molecule has 1 saturated heterocycles. The van der Waals surface area contributed by atoms with E-state index in [0.717, 1.165) is 18.5 Å². The number of hydrogen-bond acceptors (Lipinski definition) is 2. The summed E-state index contributed by atoms with van der Waals surface area (Å²) >= 11 is 0. The van der Waals surface area contributed by atoms with Gasteiger partial charge in [0, 0.05) is 6.04 Å². The molecule has 0 amide bonds. The van der Waals surface area contributed by atoms with E-state index >= 15 is 0 Å². The first-order valence-corrected chi connectivity index (χ1v) is 9.22. The van der Waals surface area contributed by atoms with E-state index in [-0.39, 0.29) is 0 Å². The van der Waals surface area contributed by atoms with Crippen LogP contribution in [0.15, 0.2) is 0 Å². The fourth-order valence-corrected chi connectivity index (χ4v) is 4.98. The van der Waals surface area contributed by atoms with E-state index < -0.39 is 0 Å². The van der Waals surface area contributed by atoms with Crippen LogP contribution in [0.1, 0.15) is 84.0 Å². The Balaban J connectivity index is 1.52. The molecule has 1 N–H and O–H groups in total. The topological polar surface area (TPSA) is 21.3 Å². The zero-order chi connectivity index (χ0) is 13.8. The maximum atomic E-state index is 6.59. The molecule has 3 fully saturated rings. The van der Waals surface area contributed by atoms with Crippen LogP contribution in [0.5, 0.6) is 0 Å². The largest absolute Gasteiger partial charge is 0.372 e. The molecule has 0 aromatic carbocycles. The highest BCUT2D eigenvalue weighted by Gasteiger charge is 2.41. The van der Waals surface area contributed by atoms with Gasteiger partial charge in [-0.15, -0.1) is 0 Å². The second kappa shape index (κ2) is 6.79. The van der Waals surface area contributed by atoms with Gasteiger partial charge in [-0.2, -0.15) is 0 Å². The van der Waals surface area contributed by atoms with Crippen LogP contribution >= 0.6 is 0 Å². The standard InChI is InChI=1S/C18H33NO/c1-2-19-17-9-5-4-8-15(17)14-16-10-13-18(20-16)11-6-3-7-12-18/h15-17,19H,2-14H2,1H3. The summed E-state index contributed by atoms with van der Waals surface area (Å²) in [4.78, 5) is 0. The minimum atomic E-state index is 0.311. The summed E-state index contributed by atoms with van der Waals surface area (Å²) < 4.78 is 6.59. The number of rotatable bonds is 4. The molecule has 116 valence electrons. The first-order valence-electron chi connectivity index (χ1n) is 9.22. The Bertz CT molecular complexity index is 296. The molecule has 2 aliphatic carbocycles. The van der Waals surface area contributed by atoms with E-state index in [9.17, 15) is 0 Å². The van der Waals surface area contributed by atoms with Gasteiger partial charge in [0.15, 0.2) is 0 Å². The third-order valence-electron chi connectivity index (χ3n) is 6.04. The van der Waals surface area contributed by atoms with Crippen molar-refractivity contribution in [1.82, 2.24) is 5.32 Å². The van der Waals surface area contributed by atoms with Gasteiger partial charge in [0.05, 0.1) is 11.7 Å². The smallest absolute Gasteiger partial charge is 0.0687 e. The fourth-order valence-electron chi connectivity index (χ4n) is 4.98. The fraction of sp³-hybridized carbons (Fsp3) is 1.00. The summed E-state index contributed by atoms with van der Waals surface area (Å²) in [7, 11) is 0. The van der Waals surface area contributed by atoms with Crippen molar-refractivity contribution in [3.05, 3.63) is 0 Å². The molecule has 2 nitrogen and oxygen atoms in total. The summed E-state index contributed by atoms with van der Waals surface area (Å²) in [5.74, 6) is 0.868. The van der Waals surface area contributed by atoms with Gasteiger partial charge in [-0.05, 0) is 57.4 Å². The van der Waals surface area contributed by atoms with Gasteiger partial charge in [-0.25, -0.2) is 0 Å². The van der Waals surface area contributed by atoms with Crippen LogP contribution < -0.4 is 5.32 Å². The molecule has 0 aromatic rings. The van der Waals surface area contributed by atoms with E-state index in [0.29, 0.717) is 11.7 Å². The second-order valence-corrected chi connectivity index (χ2v) is 7.47. The van der Waals surface area contributed by atoms with Crippen molar-refractivity contribution in [2.24, 2.45) is 5.92 Å². The SMILES string of the molecule is CCNC1CCCCC1CC1CCC2(CCCCC2)O1. The number of ether oxygens (including phenoxy) is 1. The zero-order valence-corrected chi connectivity index (χ0v) is 13.3. The Morgan fingerprint density at radius 1 is 0.950 bits per heavy atom. The molecular formula is C18H33NO. The van der Waals surface area contributed by atoms with Gasteiger partial charge in [0.2, 0.25) is 0 Å². The van der Waals surface area contributed by atoms with Gasteiger partial charge in [-0.3, -0.25) is 0 Å². The molecule has 1 heterocycles. The third kappa shape index (κ3) is 3.39. The Morgan fingerprint density at radius 2 is 1.75 bits per heavy atom. The average Bonchev–Trinajstić information content (AvgIpc) is 2.85. The van der Waals surface area contributed by atoms with Gasteiger partial charge in [0.25, 0.3) is 0 Å². The molecule has 3 unspecified atom stereocenters. The number of nitrogens with one attached hydrogen (secondary N) is 1. The Labute approximate surface area is 125 Å². The van der Waals surface area contributed by atoms with E-state index in [2.05, 4.69) is 12.2 Å². The monoisotopic (exact) mass is 279 g/mol. The van der Waals surface area contributed by atoms with Crippen LogP contribution in [0, 0.1) is 5.92 Å². The van der Waals surface area contributed by atoms with Crippen LogP contribution in [0.2, 0.25) is 0 Å². The van der Waals surface area contributed by atoms with E-state index in [1.807, 2.05) is 0 Å². The summed E-state index contributed by atoms with van der Waals surface area (Å²) in [5, 5.41) is 3.72. The third-order valence-corrected chi connectivity index (χ3v) is 6.04. The average molecular weight is 279 g/mol. The molecule has 0 radical (unpaired) electrons. The molecule has 3 rings (SSSR count). The van der Waals surface area contributed by atoms with E-state index in [4.69, 9.17) is 4.74 Å². The molecule has 20 heavy (non-hydrogen) atoms. The Hall–Kier alpha value is -0.0800. The quantitative estimate of drug-likeness (QED) is 0.822. The predicted molar refractivity (Wildman–Crippen MR) is 84.0 cm³/mol. The molecular weight excluding hydrogens is 246 g/mol. The van der Waals surface area contributed by atoms with Crippen molar-refractivity contribution in [2.75, 3.05) is 6.54 Å². The van der Waals surface area contributed by atoms with Crippen LogP contribution in [0.25, 0.3) is 0 Å². The highest BCUT2D eigenvalue weighted by molar-refractivity contribution is 4.93. The Morgan fingerprint density at radius 3 is 2.55 bits per heavy atom. The normalized spacial score (nSPS) is 37.4. The van der Waals surface area contributed by atoms with Crippen molar-refractivity contribution in [3.8, 4) is 0 Å². The van der Waals surface area contributed by atoms with Crippen molar-refractivity contribution in [2.45, 2.75) is 102 Å². The summed E-state index contributed by atoms with van der Waals surface area (Å²) in [5.41, 5.74) is 0.311. The number of hydrogen-bond donors (Lipinski definition) is 1. The first kappa shape index (κ1) is 14.8. The molecule has 1 spiro atoms. The molecule has 1 aliphatic heterocycles. The highest BCUT2D eigenvalue weighted by Crippen LogP contribution is 2.44. The van der Waals surface area contributed by atoms with Gasteiger partial charge >= 0.3 is 0 Å². The predicted octanol–water partition coefficient (Wildman–Crippen LogP) is 4.43. The van der Waals surface area contributed by atoms with Gasteiger partial charge < -0.3 is 10.1 Å². The maximum Gasteiger partial charge on any atom is 0.0687 e. The molecule has 3 atom stereocenters. The second-order valence-electron chi connectivity index (χ2n) is 7.47. The Kier molecular flexibility index (Phi) is 5.04. The van der Waals surface area contributed by atoms with Crippen LogP contribution in [-0.4, -0.2) is 24.3 Å². The lowest BCUT2D eigenvalue weighted by atomic mass is 9.80. The molecule has 2 heteroatoms. The van der Waals surface area contributed by atoms with Crippen LogP contribution in [0.3, 0.4) is 0 Å². The lowest BCUT2D eigenvalue weighted by Crippen LogP contribution is -2.40. The molecule has 3 aliphatic rings. The minimum absolute atomic E-state index is 0.311. The highest BCUT2D eigenvalue weighted by atomic mass is 16.5. The van der Waals surface area contributed by atoms with Gasteiger partial charge in [-0.1, -0.05) is 39.0 Å². The first-order chi connectivity index (χ1) is 9.81. The summed E-state index contributed by atoms with van der Waals surface area (Å²) in [6.45, 7) is 3.37. The molecule has 0 bridgehead atoms. The van der Waals surface area contributed by atoms with Crippen molar-refractivity contribution in [1.29, 1.82) is 0 Å².